The van der Waals surface area contributed by atoms with E-state index >= 15 is 0 Å². The van der Waals surface area contributed by atoms with Gasteiger partial charge in [-0.2, -0.15) is 5.10 Å². The van der Waals surface area contributed by atoms with Gasteiger partial charge >= 0.3 is 0 Å². The summed E-state index contributed by atoms with van der Waals surface area (Å²) in [5.41, 5.74) is 0.709. The van der Waals surface area contributed by atoms with E-state index in [2.05, 4.69) is 15.1 Å². The van der Waals surface area contributed by atoms with Crippen LogP contribution >= 0.6 is 0 Å². The van der Waals surface area contributed by atoms with Crippen LogP contribution in [0.4, 0.5) is 4.39 Å². The number of hydrogen-bond acceptors (Lipinski definition) is 6. The molecule has 1 aromatic carbocycles. The molecule has 25 heavy (non-hydrogen) atoms. The van der Waals surface area contributed by atoms with Crippen molar-refractivity contribution in [3.63, 3.8) is 0 Å². The topological polar surface area (TPSA) is 86.2 Å². The van der Waals surface area contributed by atoms with Gasteiger partial charge in [0.2, 0.25) is 0 Å². The van der Waals surface area contributed by atoms with Crippen LogP contribution < -0.4 is 4.74 Å². The van der Waals surface area contributed by atoms with Crippen LogP contribution in [0.5, 0.6) is 5.75 Å². The minimum absolute atomic E-state index is 0.0721. The molecular weight excluding hydrogens is 327 g/mol. The molecule has 0 unspecified atom stereocenters. The van der Waals surface area contributed by atoms with Gasteiger partial charge in [-0.25, -0.2) is 19.0 Å². The molecule has 0 saturated carbocycles. The number of benzene rings is 1. The summed E-state index contributed by atoms with van der Waals surface area (Å²) >= 11 is 0. The molecule has 1 N–H and O–H groups in total. The number of aliphatic hydroxyl groups excluding tert-OH is 1. The van der Waals surface area contributed by atoms with E-state index in [0.29, 0.717) is 41.2 Å². The van der Waals surface area contributed by atoms with E-state index in [1.165, 1.54) is 12.1 Å². The van der Waals surface area contributed by atoms with Crippen LogP contribution in [0.2, 0.25) is 0 Å². The average molecular weight is 346 g/mol. The maximum atomic E-state index is 13.2. The molecule has 7 nitrogen and oxygen atoms in total. The smallest absolute Gasteiger partial charge is 0.196 e. The number of aromatic nitrogens is 4. The fourth-order valence-electron chi connectivity index (χ4n) is 2.38. The van der Waals surface area contributed by atoms with E-state index in [1.54, 1.807) is 16.8 Å². The van der Waals surface area contributed by atoms with E-state index in [1.807, 2.05) is 13.8 Å². The third kappa shape index (κ3) is 3.85. The molecule has 0 saturated heterocycles. The highest BCUT2D eigenvalue weighted by Gasteiger charge is 2.19. The lowest BCUT2D eigenvalue weighted by Gasteiger charge is -2.02. The van der Waals surface area contributed by atoms with E-state index in [4.69, 9.17) is 9.15 Å². The SMILES string of the molecule is CCc1nc(C)c(-c2nc(COc3cccc(F)c3)nn2CCO)o1. The summed E-state index contributed by atoms with van der Waals surface area (Å²) in [5, 5.41) is 13.6. The van der Waals surface area contributed by atoms with Gasteiger partial charge in [-0.15, -0.1) is 0 Å². The monoisotopic (exact) mass is 346 g/mol. The van der Waals surface area contributed by atoms with Crippen LogP contribution in [-0.4, -0.2) is 31.5 Å². The zero-order valence-corrected chi connectivity index (χ0v) is 14.1. The van der Waals surface area contributed by atoms with Gasteiger partial charge in [0.1, 0.15) is 18.2 Å². The summed E-state index contributed by atoms with van der Waals surface area (Å²) in [5.74, 6) is 2.04. The Bertz CT molecular complexity index is 859. The van der Waals surface area contributed by atoms with Crippen molar-refractivity contribution in [1.82, 2.24) is 19.7 Å². The number of aryl methyl sites for hydroxylation is 2. The molecular formula is C17H19FN4O3. The highest BCUT2D eigenvalue weighted by Crippen LogP contribution is 2.24. The van der Waals surface area contributed by atoms with E-state index < -0.39 is 0 Å². The number of hydrogen-bond donors (Lipinski definition) is 1. The standard InChI is InChI=1S/C17H19FN4O3/c1-3-15-19-11(2)16(25-15)17-20-14(21-22(17)7-8-23)10-24-13-6-4-5-12(18)9-13/h4-6,9,23H,3,7-8,10H2,1-2H3. The fraction of sp³-hybridized carbons (Fsp3) is 0.353. The Labute approximate surface area is 144 Å². The predicted molar refractivity (Wildman–Crippen MR) is 87.5 cm³/mol. The molecule has 3 aromatic rings. The molecule has 2 heterocycles. The summed E-state index contributed by atoms with van der Waals surface area (Å²) in [6.07, 6.45) is 0.671. The number of aliphatic hydroxyl groups is 1. The van der Waals surface area contributed by atoms with Crippen molar-refractivity contribution in [2.75, 3.05) is 6.61 Å². The molecule has 0 amide bonds. The minimum Gasteiger partial charge on any atom is -0.485 e. The molecule has 0 atom stereocenters. The largest absolute Gasteiger partial charge is 0.485 e. The van der Waals surface area contributed by atoms with Crippen molar-refractivity contribution < 1.29 is 18.7 Å². The molecule has 0 aliphatic carbocycles. The van der Waals surface area contributed by atoms with Crippen LogP contribution in [0.3, 0.4) is 0 Å². The van der Waals surface area contributed by atoms with E-state index in [0.717, 1.165) is 0 Å². The van der Waals surface area contributed by atoms with Gasteiger partial charge in [0, 0.05) is 12.5 Å². The van der Waals surface area contributed by atoms with Gasteiger partial charge in [0.25, 0.3) is 0 Å². The Hall–Kier alpha value is -2.74. The lowest BCUT2D eigenvalue weighted by atomic mass is 10.3. The minimum atomic E-state index is -0.374. The van der Waals surface area contributed by atoms with Crippen molar-refractivity contribution in [1.29, 1.82) is 0 Å². The van der Waals surface area contributed by atoms with Gasteiger partial charge in [-0.05, 0) is 19.1 Å². The summed E-state index contributed by atoms with van der Waals surface area (Å²) in [4.78, 5) is 8.77. The van der Waals surface area contributed by atoms with Crippen LogP contribution in [-0.2, 0) is 19.6 Å². The number of oxazole rings is 1. The maximum absolute atomic E-state index is 13.2. The number of rotatable bonds is 7. The molecule has 0 aliphatic heterocycles. The van der Waals surface area contributed by atoms with Crippen molar-refractivity contribution in [3.8, 4) is 17.3 Å². The van der Waals surface area contributed by atoms with E-state index in [-0.39, 0.29) is 25.6 Å². The highest BCUT2D eigenvalue weighted by atomic mass is 19.1. The third-order valence-corrected chi connectivity index (χ3v) is 3.54. The Balaban J connectivity index is 1.85. The maximum Gasteiger partial charge on any atom is 0.196 e. The van der Waals surface area contributed by atoms with Crippen molar-refractivity contribution in [2.45, 2.75) is 33.4 Å². The van der Waals surface area contributed by atoms with Crippen LogP contribution in [0.15, 0.2) is 28.7 Å². The molecule has 0 radical (unpaired) electrons. The molecule has 3 rings (SSSR count). The normalized spacial score (nSPS) is 11.0. The first-order valence-corrected chi connectivity index (χ1v) is 8.00. The summed E-state index contributed by atoms with van der Waals surface area (Å²) in [6, 6.07) is 5.86. The van der Waals surface area contributed by atoms with Crippen LogP contribution in [0.1, 0.15) is 24.3 Å². The Morgan fingerprint density at radius 3 is 2.84 bits per heavy atom. The second-order valence-electron chi connectivity index (χ2n) is 5.42. The first kappa shape index (κ1) is 17.1. The molecule has 0 bridgehead atoms. The van der Waals surface area contributed by atoms with Crippen LogP contribution in [0.25, 0.3) is 11.6 Å². The fourth-order valence-corrected chi connectivity index (χ4v) is 2.38. The van der Waals surface area contributed by atoms with Crippen molar-refractivity contribution in [2.24, 2.45) is 0 Å². The summed E-state index contributed by atoms with van der Waals surface area (Å²) < 4.78 is 26.0. The lowest BCUT2D eigenvalue weighted by Crippen LogP contribution is -2.07. The quantitative estimate of drug-likeness (QED) is 0.707. The van der Waals surface area contributed by atoms with Gasteiger partial charge < -0.3 is 14.3 Å². The lowest BCUT2D eigenvalue weighted by molar-refractivity contribution is 0.266. The Morgan fingerprint density at radius 2 is 2.16 bits per heavy atom. The predicted octanol–water partition coefficient (Wildman–Crippen LogP) is 2.51. The van der Waals surface area contributed by atoms with Gasteiger partial charge in [0.15, 0.2) is 23.3 Å². The van der Waals surface area contributed by atoms with Crippen LogP contribution in [0, 0.1) is 12.7 Å². The first-order chi connectivity index (χ1) is 12.1. The van der Waals surface area contributed by atoms with Gasteiger partial charge in [-0.1, -0.05) is 13.0 Å². The number of nitrogens with zero attached hydrogens (tertiary/aromatic N) is 4. The third-order valence-electron chi connectivity index (χ3n) is 3.54. The Morgan fingerprint density at radius 1 is 1.32 bits per heavy atom. The van der Waals surface area contributed by atoms with E-state index in [9.17, 15) is 9.50 Å². The van der Waals surface area contributed by atoms with Crippen molar-refractivity contribution in [3.05, 3.63) is 47.5 Å². The molecule has 0 aliphatic rings. The molecule has 8 heteroatoms. The Kier molecular flexibility index (Phi) is 5.08. The van der Waals surface area contributed by atoms with Gasteiger partial charge in [0.05, 0.1) is 18.8 Å². The molecule has 132 valence electrons. The summed E-state index contributed by atoms with van der Waals surface area (Å²) in [7, 11) is 0. The summed E-state index contributed by atoms with van der Waals surface area (Å²) in [6.45, 7) is 4.03. The van der Waals surface area contributed by atoms with Crippen molar-refractivity contribution >= 4 is 0 Å². The second kappa shape index (κ2) is 7.43. The molecule has 0 fully saturated rings. The molecule has 0 spiro atoms. The number of halogens is 1. The van der Waals surface area contributed by atoms with Gasteiger partial charge in [-0.3, -0.25) is 0 Å². The highest BCUT2D eigenvalue weighted by molar-refractivity contribution is 5.50. The zero-order valence-electron chi connectivity index (χ0n) is 14.1. The first-order valence-electron chi connectivity index (χ1n) is 8.00. The number of ether oxygens (including phenoxy) is 1. The molecule has 2 aromatic heterocycles. The second-order valence-corrected chi connectivity index (χ2v) is 5.42. The zero-order chi connectivity index (χ0) is 17.8. The average Bonchev–Trinajstić information content (AvgIpc) is 3.16.